The molecule has 114 valence electrons. The van der Waals surface area contributed by atoms with E-state index in [0.717, 1.165) is 12.1 Å². The van der Waals surface area contributed by atoms with Gasteiger partial charge in [0.15, 0.2) is 0 Å². The van der Waals surface area contributed by atoms with Crippen molar-refractivity contribution in [2.24, 2.45) is 0 Å². The first-order valence-corrected chi connectivity index (χ1v) is 7.66. The lowest BCUT2D eigenvalue weighted by Crippen LogP contribution is -2.42. The van der Waals surface area contributed by atoms with E-state index in [1.165, 1.54) is 22.3 Å². The molecule has 0 aliphatic carbocycles. The van der Waals surface area contributed by atoms with Crippen molar-refractivity contribution in [1.82, 2.24) is 5.32 Å². The average molecular weight is 295 g/mol. The topological polar surface area (TPSA) is 38.3 Å². The highest BCUT2D eigenvalue weighted by molar-refractivity contribution is 5.76. The quantitative estimate of drug-likeness (QED) is 0.885. The molecular formula is C19H21NO2. The van der Waals surface area contributed by atoms with E-state index < -0.39 is 0 Å². The van der Waals surface area contributed by atoms with Crippen LogP contribution in [0.1, 0.15) is 27.8 Å². The summed E-state index contributed by atoms with van der Waals surface area (Å²) in [6.45, 7) is 5.29. The summed E-state index contributed by atoms with van der Waals surface area (Å²) in [7, 11) is 0. The van der Waals surface area contributed by atoms with Crippen molar-refractivity contribution in [1.29, 1.82) is 0 Å². The summed E-state index contributed by atoms with van der Waals surface area (Å²) in [6, 6.07) is 13.9. The van der Waals surface area contributed by atoms with Crippen LogP contribution in [0.15, 0.2) is 42.5 Å². The molecule has 22 heavy (non-hydrogen) atoms. The third-order valence-corrected chi connectivity index (χ3v) is 4.29. The van der Waals surface area contributed by atoms with Gasteiger partial charge in [0.25, 0.3) is 0 Å². The van der Waals surface area contributed by atoms with Gasteiger partial charge in [0.1, 0.15) is 12.6 Å². The second-order valence-electron chi connectivity index (χ2n) is 5.94. The zero-order valence-corrected chi connectivity index (χ0v) is 13.1. The molecule has 3 nitrogen and oxygen atoms in total. The van der Waals surface area contributed by atoms with E-state index in [1.807, 2.05) is 30.3 Å². The molecule has 2 aromatic rings. The molecule has 0 bridgehead atoms. The highest BCUT2D eigenvalue weighted by Gasteiger charge is 2.25. The molecule has 0 fully saturated rings. The number of fused-ring (bicyclic) bond motifs is 1. The van der Waals surface area contributed by atoms with E-state index in [4.69, 9.17) is 4.74 Å². The van der Waals surface area contributed by atoms with Gasteiger partial charge in [-0.2, -0.15) is 0 Å². The molecular weight excluding hydrogens is 274 g/mol. The summed E-state index contributed by atoms with van der Waals surface area (Å²) in [4.78, 5) is 12.2. The lowest BCUT2D eigenvalue weighted by molar-refractivity contribution is -0.147. The standard InChI is InChI=1S/C19H21NO2/c1-13-8-16-10-18(20-11-17(16)9-14(13)2)19(21)22-12-15-6-4-3-5-7-15/h3-9,18,20H,10-12H2,1-2H3. The smallest absolute Gasteiger partial charge is 0.323 e. The minimum Gasteiger partial charge on any atom is -0.460 e. The third-order valence-electron chi connectivity index (χ3n) is 4.29. The lowest BCUT2D eigenvalue weighted by Gasteiger charge is -2.25. The molecule has 1 N–H and O–H groups in total. The van der Waals surface area contributed by atoms with Gasteiger partial charge in [0.05, 0.1) is 0 Å². The fourth-order valence-electron chi connectivity index (χ4n) is 2.81. The molecule has 0 saturated heterocycles. The Morgan fingerprint density at radius 3 is 2.55 bits per heavy atom. The van der Waals surface area contributed by atoms with E-state index in [-0.39, 0.29) is 12.0 Å². The molecule has 3 rings (SSSR count). The van der Waals surface area contributed by atoms with Gasteiger partial charge in [-0.15, -0.1) is 0 Å². The summed E-state index contributed by atoms with van der Waals surface area (Å²) < 4.78 is 5.44. The van der Waals surface area contributed by atoms with E-state index in [2.05, 4.69) is 31.3 Å². The molecule has 0 spiro atoms. The van der Waals surface area contributed by atoms with Crippen LogP contribution < -0.4 is 5.32 Å². The first-order valence-electron chi connectivity index (χ1n) is 7.66. The van der Waals surface area contributed by atoms with Gasteiger partial charge in [-0.25, -0.2) is 0 Å². The van der Waals surface area contributed by atoms with E-state index >= 15 is 0 Å². The molecule has 1 aliphatic heterocycles. The van der Waals surface area contributed by atoms with E-state index in [1.54, 1.807) is 0 Å². The molecule has 0 amide bonds. The minimum absolute atomic E-state index is 0.173. The number of aryl methyl sites for hydroxylation is 2. The van der Waals surface area contributed by atoms with Crippen LogP contribution in [-0.4, -0.2) is 12.0 Å². The Morgan fingerprint density at radius 1 is 1.14 bits per heavy atom. The molecule has 1 aliphatic rings. The van der Waals surface area contributed by atoms with Crippen molar-refractivity contribution in [2.45, 2.75) is 39.5 Å². The van der Waals surface area contributed by atoms with Gasteiger partial charge in [0.2, 0.25) is 0 Å². The highest BCUT2D eigenvalue weighted by atomic mass is 16.5. The summed E-state index contributed by atoms with van der Waals surface area (Å²) >= 11 is 0. The van der Waals surface area contributed by atoms with E-state index in [0.29, 0.717) is 13.0 Å². The second-order valence-corrected chi connectivity index (χ2v) is 5.94. The Balaban J connectivity index is 1.64. The SMILES string of the molecule is Cc1cc2c(cc1C)CC(C(=O)OCc1ccccc1)NC2. The van der Waals surface area contributed by atoms with Crippen molar-refractivity contribution in [2.75, 3.05) is 0 Å². The minimum atomic E-state index is -0.252. The van der Waals surface area contributed by atoms with Gasteiger partial charge in [-0.1, -0.05) is 42.5 Å². The van der Waals surface area contributed by atoms with Crippen molar-refractivity contribution in [3.05, 3.63) is 70.3 Å². The predicted molar refractivity (Wildman–Crippen MR) is 86.5 cm³/mol. The Hall–Kier alpha value is -2.13. The summed E-state index contributed by atoms with van der Waals surface area (Å²) in [5.74, 6) is -0.173. The maximum absolute atomic E-state index is 12.2. The number of hydrogen-bond donors (Lipinski definition) is 1. The molecule has 0 aromatic heterocycles. The Labute approximate surface area is 131 Å². The highest BCUT2D eigenvalue weighted by Crippen LogP contribution is 2.21. The van der Waals surface area contributed by atoms with Gasteiger partial charge in [0, 0.05) is 6.54 Å². The number of rotatable bonds is 3. The van der Waals surface area contributed by atoms with Crippen LogP contribution in [0.2, 0.25) is 0 Å². The van der Waals surface area contributed by atoms with Crippen molar-refractivity contribution in [3.63, 3.8) is 0 Å². The first kappa shape index (κ1) is 14.8. The van der Waals surface area contributed by atoms with Crippen molar-refractivity contribution >= 4 is 5.97 Å². The zero-order chi connectivity index (χ0) is 15.5. The number of nitrogens with one attached hydrogen (secondary N) is 1. The summed E-state index contributed by atoms with van der Waals surface area (Å²) in [6.07, 6.45) is 0.698. The van der Waals surface area contributed by atoms with Crippen LogP contribution >= 0.6 is 0 Å². The van der Waals surface area contributed by atoms with Gasteiger partial charge in [-0.05, 0) is 48.1 Å². The Kier molecular flexibility index (Phi) is 4.25. The molecule has 0 saturated carbocycles. The molecule has 1 atom stereocenters. The third kappa shape index (κ3) is 3.20. The van der Waals surface area contributed by atoms with Gasteiger partial charge < -0.3 is 10.1 Å². The van der Waals surface area contributed by atoms with Crippen LogP contribution in [0.4, 0.5) is 0 Å². The Bertz CT molecular complexity index is 679. The van der Waals surface area contributed by atoms with Crippen molar-refractivity contribution < 1.29 is 9.53 Å². The fraction of sp³-hybridized carbons (Fsp3) is 0.316. The zero-order valence-electron chi connectivity index (χ0n) is 13.1. The molecule has 1 heterocycles. The number of carbonyl (C=O) groups is 1. The summed E-state index contributed by atoms with van der Waals surface area (Å²) in [5.41, 5.74) is 6.12. The van der Waals surface area contributed by atoms with Gasteiger partial charge in [-0.3, -0.25) is 4.79 Å². The normalized spacial score (nSPS) is 16.9. The number of hydrogen-bond acceptors (Lipinski definition) is 3. The van der Waals surface area contributed by atoms with Crippen LogP contribution in [0.3, 0.4) is 0 Å². The van der Waals surface area contributed by atoms with Gasteiger partial charge >= 0.3 is 5.97 Å². The number of carbonyl (C=O) groups excluding carboxylic acids is 1. The average Bonchev–Trinajstić information content (AvgIpc) is 2.54. The molecule has 0 radical (unpaired) electrons. The molecule has 2 aromatic carbocycles. The van der Waals surface area contributed by atoms with E-state index in [9.17, 15) is 4.79 Å². The molecule has 3 heteroatoms. The summed E-state index contributed by atoms with van der Waals surface area (Å²) in [5, 5.41) is 3.28. The molecule has 1 unspecified atom stereocenters. The largest absolute Gasteiger partial charge is 0.460 e. The first-order chi connectivity index (χ1) is 10.6. The maximum Gasteiger partial charge on any atom is 0.323 e. The van der Waals surface area contributed by atoms with Crippen LogP contribution in [0.5, 0.6) is 0 Å². The second kappa shape index (κ2) is 6.32. The monoisotopic (exact) mass is 295 g/mol. The Morgan fingerprint density at radius 2 is 1.82 bits per heavy atom. The van der Waals surface area contributed by atoms with Crippen LogP contribution in [-0.2, 0) is 29.1 Å². The number of esters is 1. The maximum atomic E-state index is 12.2. The van der Waals surface area contributed by atoms with Crippen LogP contribution in [0.25, 0.3) is 0 Å². The lowest BCUT2D eigenvalue weighted by atomic mass is 9.92. The van der Waals surface area contributed by atoms with Crippen molar-refractivity contribution in [3.8, 4) is 0 Å². The number of benzene rings is 2. The predicted octanol–water partition coefficient (Wildman–Crippen LogP) is 3.06. The fourth-order valence-corrected chi connectivity index (χ4v) is 2.81. The van der Waals surface area contributed by atoms with Crippen LogP contribution in [0, 0.1) is 13.8 Å². The number of ether oxygens (including phenoxy) is 1.